The summed E-state index contributed by atoms with van der Waals surface area (Å²) in [6.07, 6.45) is 0.871. The van der Waals surface area contributed by atoms with Gasteiger partial charge in [0.2, 0.25) is 0 Å². The molecule has 1 heterocycles. The Kier molecular flexibility index (Phi) is 4.02. The molecule has 1 aromatic carbocycles. The molecule has 1 N–H and O–H groups in total. The summed E-state index contributed by atoms with van der Waals surface area (Å²) in [5.41, 5.74) is 0.760. The average Bonchev–Trinajstić information content (AvgIpc) is 2.67. The van der Waals surface area contributed by atoms with Crippen molar-refractivity contribution in [3.05, 3.63) is 35.8 Å². The molecule has 0 aliphatic rings. The molecule has 0 amide bonds. The topological polar surface area (TPSA) is 25.2 Å². The van der Waals surface area contributed by atoms with Crippen LogP contribution >= 0.6 is 0 Å². The van der Waals surface area contributed by atoms with Gasteiger partial charge in [-0.2, -0.15) is 0 Å². The van der Waals surface area contributed by atoms with Gasteiger partial charge < -0.3 is 9.73 Å². The van der Waals surface area contributed by atoms with E-state index in [4.69, 9.17) is 4.42 Å². The van der Waals surface area contributed by atoms with Gasteiger partial charge in [-0.15, -0.1) is 0 Å². The molecule has 0 radical (unpaired) electrons. The van der Waals surface area contributed by atoms with Crippen molar-refractivity contribution >= 4 is 11.0 Å². The van der Waals surface area contributed by atoms with Gasteiger partial charge in [0.25, 0.3) is 0 Å². The normalized spacial score (nSPS) is 13.4. The first kappa shape index (κ1) is 13.1. The van der Waals surface area contributed by atoms with Gasteiger partial charge in [0.1, 0.15) is 17.2 Å². The Bertz CT molecular complexity index is 518. The van der Waals surface area contributed by atoms with Crippen LogP contribution in [0.1, 0.15) is 26.5 Å². The maximum Gasteiger partial charge on any atom is 0.134 e. The van der Waals surface area contributed by atoms with E-state index >= 15 is 0 Å². The maximum absolute atomic E-state index is 13.1. The SMILES string of the molecule is CC(CNC(C)C)Cc1cc2cc(F)ccc2o1. The van der Waals surface area contributed by atoms with Crippen LogP contribution in [0.15, 0.2) is 28.7 Å². The lowest BCUT2D eigenvalue weighted by molar-refractivity contribution is 0.436. The molecule has 0 saturated heterocycles. The van der Waals surface area contributed by atoms with E-state index in [0.717, 1.165) is 29.7 Å². The minimum absolute atomic E-state index is 0.218. The molecule has 2 rings (SSSR count). The number of nitrogens with one attached hydrogen (secondary N) is 1. The van der Waals surface area contributed by atoms with E-state index in [1.54, 1.807) is 6.07 Å². The maximum atomic E-state index is 13.1. The van der Waals surface area contributed by atoms with Gasteiger partial charge in [-0.3, -0.25) is 0 Å². The smallest absolute Gasteiger partial charge is 0.134 e. The van der Waals surface area contributed by atoms with Crippen LogP contribution in [-0.2, 0) is 6.42 Å². The third kappa shape index (κ3) is 3.33. The van der Waals surface area contributed by atoms with Gasteiger partial charge >= 0.3 is 0 Å². The van der Waals surface area contributed by atoms with Crippen molar-refractivity contribution in [3.63, 3.8) is 0 Å². The van der Waals surface area contributed by atoms with Crippen LogP contribution < -0.4 is 5.32 Å². The Hall–Kier alpha value is -1.35. The molecule has 0 saturated carbocycles. The van der Waals surface area contributed by atoms with Crippen LogP contribution in [0, 0.1) is 11.7 Å². The number of hydrogen-bond donors (Lipinski definition) is 1. The molecule has 0 spiro atoms. The number of halogens is 1. The van der Waals surface area contributed by atoms with Crippen LogP contribution in [0.4, 0.5) is 4.39 Å². The quantitative estimate of drug-likeness (QED) is 0.873. The average molecular weight is 249 g/mol. The highest BCUT2D eigenvalue weighted by Gasteiger charge is 2.09. The third-order valence-corrected chi connectivity index (χ3v) is 2.95. The third-order valence-electron chi connectivity index (χ3n) is 2.95. The summed E-state index contributed by atoms with van der Waals surface area (Å²) in [4.78, 5) is 0. The highest BCUT2D eigenvalue weighted by atomic mass is 19.1. The molecule has 2 aromatic rings. The van der Waals surface area contributed by atoms with E-state index in [2.05, 4.69) is 26.1 Å². The first-order valence-corrected chi connectivity index (χ1v) is 6.46. The van der Waals surface area contributed by atoms with Gasteiger partial charge in [0.15, 0.2) is 0 Å². The molecule has 3 heteroatoms. The molecular weight excluding hydrogens is 229 g/mol. The first-order valence-electron chi connectivity index (χ1n) is 6.46. The van der Waals surface area contributed by atoms with Crippen molar-refractivity contribution in [3.8, 4) is 0 Å². The molecule has 0 aliphatic heterocycles. The van der Waals surface area contributed by atoms with Crippen LogP contribution in [-0.4, -0.2) is 12.6 Å². The van der Waals surface area contributed by atoms with Gasteiger partial charge in [0, 0.05) is 17.8 Å². The van der Waals surface area contributed by atoms with Crippen molar-refractivity contribution in [2.45, 2.75) is 33.2 Å². The van der Waals surface area contributed by atoms with Gasteiger partial charge in [0.05, 0.1) is 0 Å². The fourth-order valence-electron chi connectivity index (χ4n) is 2.02. The number of benzene rings is 1. The zero-order chi connectivity index (χ0) is 13.1. The second-order valence-corrected chi connectivity index (χ2v) is 5.27. The highest BCUT2D eigenvalue weighted by Crippen LogP contribution is 2.22. The molecule has 1 unspecified atom stereocenters. The van der Waals surface area contributed by atoms with Crippen LogP contribution in [0.5, 0.6) is 0 Å². The van der Waals surface area contributed by atoms with Crippen molar-refractivity contribution in [2.75, 3.05) is 6.54 Å². The predicted molar refractivity (Wildman–Crippen MR) is 72.2 cm³/mol. The van der Waals surface area contributed by atoms with Crippen molar-refractivity contribution in [2.24, 2.45) is 5.92 Å². The molecule has 1 atom stereocenters. The summed E-state index contributed by atoms with van der Waals surface area (Å²) < 4.78 is 18.8. The van der Waals surface area contributed by atoms with Gasteiger partial charge in [-0.05, 0) is 36.7 Å². The Balaban J connectivity index is 2.03. The summed E-state index contributed by atoms with van der Waals surface area (Å²) in [6.45, 7) is 7.42. The molecule has 0 bridgehead atoms. The van der Waals surface area contributed by atoms with E-state index in [0.29, 0.717) is 12.0 Å². The lowest BCUT2D eigenvalue weighted by Gasteiger charge is -2.13. The number of rotatable bonds is 5. The van der Waals surface area contributed by atoms with Crippen molar-refractivity contribution < 1.29 is 8.81 Å². The zero-order valence-electron chi connectivity index (χ0n) is 11.2. The minimum atomic E-state index is -0.218. The molecular formula is C15H20FNO. The Morgan fingerprint density at radius 1 is 1.22 bits per heavy atom. The van der Waals surface area contributed by atoms with E-state index < -0.39 is 0 Å². The molecule has 98 valence electrons. The first-order chi connectivity index (χ1) is 8.54. The van der Waals surface area contributed by atoms with Crippen molar-refractivity contribution in [1.29, 1.82) is 0 Å². The van der Waals surface area contributed by atoms with E-state index in [1.165, 1.54) is 12.1 Å². The molecule has 0 aliphatic carbocycles. The predicted octanol–water partition coefficient (Wildman–Crippen LogP) is 3.75. The highest BCUT2D eigenvalue weighted by molar-refractivity contribution is 5.77. The fraction of sp³-hybridized carbons (Fsp3) is 0.467. The summed E-state index contributed by atoms with van der Waals surface area (Å²) in [6, 6.07) is 7.06. The van der Waals surface area contributed by atoms with Gasteiger partial charge in [-0.1, -0.05) is 20.8 Å². The second-order valence-electron chi connectivity index (χ2n) is 5.27. The van der Waals surface area contributed by atoms with Crippen LogP contribution in [0.3, 0.4) is 0 Å². The van der Waals surface area contributed by atoms with E-state index in [9.17, 15) is 4.39 Å². The number of fused-ring (bicyclic) bond motifs is 1. The molecule has 18 heavy (non-hydrogen) atoms. The van der Waals surface area contributed by atoms with E-state index in [1.807, 2.05) is 6.07 Å². The van der Waals surface area contributed by atoms with Gasteiger partial charge in [-0.25, -0.2) is 4.39 Å². The van der Waals surface area contributed by atoms with Crippen molar-refractivity contribution in [1.82, 2.24) is 5.32 Å². The molecule has 2 nitrogen and oxygen atoms in total. The standard InChI is InChI=1S/C15H20FNO/c1-10(2)17-9-11(3)6-14-8-12-7-13(16)4-5-15(12)18-14/h4-5,7-8,10-11,17H,6,9H2,1-3H3. The minimum Gasteiger partial charge on any atom is -0.461 e. The monoisotopic (exact) mass is 249 g/mol. The second kappa shape index (κ2) is 5.53. The Morgan fingerprint density at radius 3 is 2.72 bits per heavy atom. The van der Waals surface area contributed by atoms with Crippen LogP contribution in [0.25, 0.3) is 11.0 Å². The largest absolute Gasteiger partial charge is 0.461 e. The zero-order valence-corrected chi connectivity index (χ0v) is 11.2. The Labute approximate surface area is 107 Å². The summed E-state index contributed by atoms with van der Waals surface area (Å²) >= 11 is 0. The lowest BCUT2D eigenvalue weighted by Crippen LogP contribution is -2.28. The van der Waals surface area contributed by atoms with Crippen LogP contribution in [0.2, 0.25) is 0 Å². The number of furan rings is 1. The van der Waals surface area contributed by atoms with E-state index in [-0.39, 0.29) is 5.82 Å². The lowest BCUT2D eigenvalue weighted by atomic mass is 10.1. The summed E-state index contributed by atoms with van der Waals surface area (Å²) in [5.74, 6) is 1.20. The molecule has 1 aromatic heterocycles. The fourth-order valence-corrected chi connectivity index (χ4v) is 2.02. The number of hydrogen-bond acceptors (Lipinski definition) is 2. The molecule has 0 fully saturated rings. The summed E-state index contributed by atoms with van der Waals surface area (Å²) in [7, 11) is 0. The Morgan fingerprint density at radius 2 is 2.00 bits per heavy atom. The summed E-state index contributed by atoms with van der Waals surface area (Å²) in [5, 5.41) is 4.25.